The van der Waals surface area contributed by atoms with Crippen molar-refractivity contribution in [2.75, 3.05) is 26.9 Å². The molecule has 1 aliphatic heterocycles. The number of hydrogen-bond donors (Lipinski definition) is 1. The van der Waals surface area contributed by atoms with E-state index in [-0.39, 0.29) is 5.60 Å². The Morgan fingerprint density at radius 1 is 1.69 bits per heavy atom. The first-order valence-corrected chi connectivity index (χ1v) is 5.62. The maximum Gasteiger partial charge on any atom is 0.111 e. The lowest BCUT2D eigenvalue weighted by Gasteiger charge is -2.26. The molecule has 1 fully saturated rings. The molecule has 0 aromatic carbocycles. The van der Waals surface area contributed by atoms with E-state index in [1.165, 1.54) is 0 Å². The third-order valence-corrected chi connectivity index (χ3v) is 3.16. The Bertz CT molecular complexity index is 332. The Morgan fingerprint density at radius 2 is 2.56 bits per heavy atom. The molecule has 0 aliphatic carbocycles. The maximum atomic E-state index is 5.60. The second-order valence-electron chi connectivity index (χ2n) is 4.24. The lowest BCUT2D eigenvalue weighted by atomic mass is 10.0. The van der Waals surface area contributed by atoms with Gasteiger partial charge < -0.3 is 19.8 Å². The average Bonchev–Trinajstić information content (AvgIpc) is 2.91. The van der Waals surface area contributed by atoms with Gasteiger partial charge in [0.1, 0.15) is 5.60 Å². The Kier molecular flexibility index (Phi) is 3.58. The van der Waals surface area contributed by atoms with Crippen LogP contribution in [0.25, 0.3) is 0 Å². The lowest BCUT2D eigenvalue weighted by Crippen LogP contribution is -2.37. The monoisotopic (exact) mass is 225 g/mol. The van der Waals surface area contributed by atoms with E-state index in [1.807, 2.05) is 12.5 Å². The molecule has 0 radical (unpaired) electrons. The number of rotatable bonds is 5. The van der Waals surface area contributed by atoms with Gasteiger partial charge in [0.2, 0.25) is 0 Å². The summed E-state index contributed by atoms with van der Waals surface area (Å²) in [4.78, 5) is 4.16. The molecule has 0 bridgehead atoms. The molecule has 1 unspecified atom stereocenters. The predicted octanol–water partition coefficient (Wildman–Crippen LogP) is 0.190. The Balaban J connectivity index is 2.09. The Labute approximate surface area is 95.6 Å². The van der Waals surface area contributed by atoms with Crippen LogP contribution >= 0.6 is 0 Å². The first-order valence-electron chi connectivity index (χ1n) is 5.62. The minimum Gasteiger partial charge on any atom is -0.378 e. The standard InChI is InChI=1S/C11H19N3O2/c1-15-11(3-5-16-8-11)7-14-9-13-6-10(14)2-4-12/h6,9H,2-5,7-8,12H2,1H3. The highest BCUT2D eigenvalue weighted by molar-refractivity contribution is 5.01. The van der Waals surface area contributed by atoms with Gasteiger partial charge in [-0.15, -0.1) is 0 Å². The summed E-state index contributed by atoms with van der Waals surface area (Å²) in [5.41, 5.74) is 6.53. The fourth-order valence-electron chi connectivity index (χ4n) is 2.10. The molecular formula is C11H19N3O2. The summed E-state index contributed by atoms with van der Waals surface area (Å²) in [6, 6.07) is 0. The van der Waals surface area contributed by atoms with E-state index < -0.39 is 0 Å². The smallest absolute Gasteiger partial charge is 0.111 e. The number of nitrogens with zero attached hydrogens (tertiary/aromatic N) is 2. The van der Waals surface area contributed by atoms with E-state index in [0.717, 1.165) is 31.7 Å². The van der Waals surface area contributed by atoms with Crippen molar-refractivity contribution in [1.82, 2.24) is 9.55 Å². The minimum absolute atomic E-state index is 0.190. The second kappa shape index (κ2) is 4.95. The zero-order chi connectivity index (χ0) is 11.4. The summed E-state index contributed by atoms with van der Waals surface area (Å²) >= 11 is 0. The van der Waals surface area contributed by atoms with Gasteiger partial charge in [-0.1, -0.05) is 0 Å². The van der Waals surface area contributed by atoms with Crippen LogP contribution < -0.4 is 5.73 Å². The van der Waals surface area contributed by atoms with Crippen molar-refractivity contribution in [1.29, 1.82) is 0 Å². The van der Waals surface area contributed by atoms with Crippen molar-refractivity contribution >= 4 is 0 Å². The number of aromatic nitrogens is 2. The van der Waals surface area contributed by atoms with Gasteiger partial charge in [-0.05, 0) is 6.54 Å². The van der Waals surface area contributed by atoms with Crippen molar-refractivity contribution in [3.05, 3.63) is 18.2 Å². The number of nitrogens with two attached hydrogens (primary N) is 1. The first kappa shape index (κ1) is 11.6. The molecule has 5 heteroatoms. The molecule has 1 aromatic heterocycles. The van der Waals surface area contributed by atoms with Crippen LogP contribution in [0.1, 0.15) is 12.1 Å². The molecule has 16 heavy (non-hydrogen) atoms. The maximum absolute atomic E-state index is 5.60. The molecule has 0 amide bonds. The zero-order valence-electron chi connectivity index (χ0n) is 9.69. The number of ether oxygens (including phenoxy) is 2. The summed E-state index contributed by atoms with van der Waals surface area (Å²) in [6.45, 7) is 2.86. The Hall–Kier alpha value is -0.910. The molecule has 1 atom stereocenters. The highest BCUT2D eigenvalue weighted by atomic mass is 16.5. The normalized spacial score (nSPS) is 25.1. The minimum atomic E-state index is -0.190. The van der Waals surface area contributed by atoms with Gasteiger partial charge >= 0.3 is 0 Å². The van der Waals surface area contributed by atoms with Crippen molar-refractivity contribution in [3.63, 3.8) is 0 Å². The average molecular weight is 225 g/mol. The molecule has 2 N–H and O–H groups in total. The summed E-state index contributed by atoms with van der Waals surface area (Å²) in [5.74, 6) is 0. The highest BCUT2D eigenvalue weighted by Crippen LogP contribution is 2.25. The van der Waals surface area contributed by atoms with Crippen LogP contribution in [0.4, 0.5) is 0 Å². The van der Waals surface area contributed by atoms with Gasteiger partial charge in [-0.3, -0.25) is 0 Å². The van der Waals surface area contributed by atoms with E-state index in [4.69, 9.17) is 15.2 Å². The Morgan fingerprint density at radius 3 is 3.19 bits per heavy atom. The molecular weight excluding hydrogens is 206 g/mol. The van der Waals surface area contributed by atoms with Gasteiger partial charge in [-0.25, -0.2) is 4.98 Å². The van der Waals surface area contributed by atoms with Crippen LogP contribution in [-0.2, 0) is 22.4 Å². The molecule has 0 spiro atoms. The summed E-state index contributed by atoms with van der Waals surface area (Å²) in [5, 5.41) is 0. The largest absolute Gasteiger partial charge is 0.378 e. The molecule has 0 saturated carbocycles. The molecule has 1 aromatic rings. The van der Waals surface area contributed by atoms with Crippen molar-refractivity contribution in [2.45, 2.75) is 25.0 Å². The molecule has 1 saturated heterocycles. The van der Waals surface area contributed by atoms with Gasteiger partial charge in [-0.2, -0.15) is 0 Å². The van der Waals surface area contributed by atoms with Crippen LogP contribution in [0.15, 0.2) is 12.5 Å². The topological polar surface area (TPSA) is 62.3 Å². The van der Waals surface area contributed by atoms with Crippen LogP contribution in [0.2, 0.25) is 0 Å². The first-order chi connectivity index (χ1) is 7.79. The van der Waals surface area contributed by atoms with Crippen LogP contribution in [-0.4, -0.2) is 42.0 Å². The van der Waals surface area contributed by atoms with Gasteiger partial charge in [0.05, 0.1) is 19.5 Å². The van der Waals surface area contributed by atoms with Gasteiger partial charge in [0, 0.05) is 38.4 Å². The zero-order valence-corrected chi connectivity index (χ0v) is 9.69. The van der Waals surface area contributed by atoms with Crippen molar-refractivity contribution in [3.8, 4) is 0 Å². The summed E-state index contributed by atoms with van der Waals surface area (Å²) < 4.78 is 13.1. The van der Waals surface area contributed by atoms with Gasteiger partial charge in [0.25, 0.3) is 0 Å². The van der Waals surface area contributed by atoms with Crippen LogP contribution in [0, 0.1) is 0 Å². The molecule has 5 nitrogen and oxygen atoms in total. The predicted molar refractivity (Wildman–Crippen MR) is 60.2 cm³/mol. The lowest BCUT2D eigenvalue weighted by molar-refractivity contribution is -0.0299. The van der Waals surface area contributed by atoms with Crippen molar-refractivity contribution in [2.24, 2.45) is 5.73 Å². The third-order valence-electron chi connectivity index (χ3n) is 3.16. The van der Waals surface area contributed by atoms with Gasteiger partial charge in [0.15, 0.2) is 0 Å². The second-order valence-corrected chi connectivity index (χ2v) is 4.24. The summed E-state index contributed by atoms with van der Waals surface area (Å²) in [6.07, 6.45) is 5.49. The quantitative estimate of drug-likeness (QED) is 0.777. The molecule has 90 valence electrons. The highest BCUT2D eigenvalue weighted by Gasteiger charge is 2.35. The number of hydrogen-bond acceptors (Lipinski definition) is 4. The van der Waals surface area contributed by atoms with E-state index in [0.29, 0.717) is 13.2 Å². The third kappa shape index (κ3) is 2.26. The molecule has 1 aliphatic rings. The van der Waals surface area contributed by atoms with Crippen LogP contribution in [0.5, 0.6) is 0 Å². The van der Waals surface area contributed by atoms with E-state index in [2.05, 4.69) is 9.55 Å². The van der Waals surface area contributed by atoms with Crippen LogP contribution in [0.3, 0.4) is 0 Å². The molecule has 2 heterocycles. The summed E-state index contributed by atoms with van der Waals surface area (Å²) in [7, 11) is 1.74. The van der Waals surface area contributed by atoms with E-state index in [9.17, 15) is 0 Å². The molecule has 2 rings (SSSR count). The number of imidazole rings is 1. The fourth-order valence-corrected chi connectivity index (χ4v) is 2.10. The van der Waals surface area contributed by atoms with E-state index >= 15 is 0 Å². The fraction of sp³-hybridized carbons (Fsp3) is 0.727. The number of methoxy groups -OCH3 is 1. The van der Waals surface area contributed by atoms with Crippen molar-refractivity contribution < 1.29 is 9.47 Å². The SMILES string of the molecule is COC1(Cn2cncc2CCN)CCOC1. The van der Waals surface area contributed by atoms with E-state index in [1.54, 1.807) is 7.11 Å².